The van der Waals surface area contributed by atoms with Crippen LogP contribution in [0.4, 0.5) is 0 Å². The second kappa shape index (κ2) is 4.66. The highest BCUT2D eigenvalue weighted by atomic mass is 16.5. The van der Waals surface area contributed by atoms with E-state index in [-0.39, 0.29) is 0 Å². The van der Waals surface area contributed by atoms with E-state index in [0.29, 0.717) is 12.0 Å². The molecule has 0 spiro atoms. The molecule has 3 heterocycles. The van der Waals surface area contributed by atoms with Gasteiger partial charge in [-0.25, -0.2) is 4.98 Å². The zero-order chi connectivity index (χ0) is 12.5. The van der Waals surface area contributed by atoms with Crippen molar-refractivity contribution in [2.75, 3.05) is 19.8 Å². The second-order valence-corrected chi connectivity index (χ2v) is 4.70. The van der Waals surface area contributed by atoms with Gasteiger partial charge in [-0.3, -0.25) is 4.98 Å². The Bertz CT molecular complexity index is 551. The Hall–Kier alpha value is -1.46. The number of aromatic nitrogens is 3. The van der Waals surface area contributed by atoms with Crippen molar-refractivity contribution in [3.05, 3.63) is 24.3 Å². The summed E-state index contributed by atoms with van der Waals surface area (Å²) in [6.45, 7) is 4.58. The summed E-state index contributed by atoms with van der Waals surface area (Å²) in [6.07, 6.45) is 3.62. The van der Waals surface area contributed by atoms with Gasteiger partial charge < -0.3 is 14.6 Å². The van der Waals surface area contributed by atoms with Gasteiger partial charge >= 0.3 is 0 Å². The second-order valence-electron chi connectivity index (χ2n) is 4.70. The summed E-state index contributed by atoms with van der Waals surface area (Å²) in [5.74, 6) is 1.41. The molecule has 1 aliphatic heterocycles. The minimum Gasteiger partial charge on any atom is -0.379 e. The number of nitrogens with zero attached hydrogens (tertiary/aromatic N) is 3. The van der Waals surface area contributed by atoms with Crippen LogP contribution in [0.15, 0.2) is 18.5 Å². The van der Waals surface area contributed by atoms with E-state index in [1.54, 1.807) is 6.20 Å². The molecule has 1 N–H and O–H groups in total. The topological polar surface area (TPSA) is 52.0 Å². The fourth-order valence-electron chi connectivity index (χ4n) is 2.67. The van der Waals surface area contributed by atoms with Crippen LogP contribution in [0.25, 0.3) is 11.0 Å². The average Bonchev–Trinajstić information content (AvgIpc) is 2.96. The maximum Gasteiger partial charge on any atom is 0.116 e. The first-order chi connectivity index (χ1) is 8.81. The first-order valence-corrected chi connectivity index (χ1v) is 6.38. The van der Waals surface area contributed by atoms with Gasteiger partial charge in [-0.2, -0.15) is 0 Å². The van der Waals surface area contributed by atoms with Gasteiger partial charge in [-0.15, -0.1) is 0 Å². The summed E-state index contributed by atoms with van der Waals surface area (Å²) in [7, 11) is 2.06. The lowest BCUT2D eigenvalue weighted by Crippen LogP contribution is -2.35. The molecule has 0 amide bonds. The molecular formula is C13H18N4O. The molecular weight excluding hydrogens is 228 g/mol. The van der Waals surface area contributed by atoms with Crippen LogP contribution in [0.3, 0.4) is 0 Å². The smallest absolute Gasteiger partial charge is 0.116 e. The van der Waals surface area contributed by atoms with Gasteiger partial charge in [0.05, 0.1) is 30.8 Å². The Labute approximate surface area is 106 Å². The molecule has 5 heteroatoms. The molecule has 1 saturated heterocycles. The standard InChI is InChI=1S/C13H18N4O/c1-3-15-11-8-18-7-9(11)13-16-10-6-14-5-4-12(10)17(13)2/h4-6,9,11,15H,3,7-8H2,1-2H3. The number of likely N-dealkylation sites (N-methyl/N-ethyl adjacent to an activating group) is 1. The fourth-order valence-corrected chi connectivity index (χ4v) is 2.67. The summed E-state index contributed by atoms with van der Waals surface area (Å²) in [4.78, 5) is 8.83. The van der Waals surface area contributed by atoms with E-state index in [1.165, 1.54) is 0 Å². The average molecular weight is 246 g/mol. The van der Waals surface area contributed by atoms with Crippen LogP contribution < -0.4 is 5.32 Å². The highest BCUT2D eigenvalue weighted by molar-refractivity contribution is 5.74. The first-order valence-electron chi connectivity index (χ1n) is 6.38. The van der Waals surface area contributed by atoms with Gasteiger partial charge in [0.15, 0.2) is 0 Å². The fraction of sp³-hybridized carbons (Fsp3) is 0.538. The highest BCUT2D eigenvalue weighted by Crippen LogP contribution is 2.27. The van der Waals surface area contributed by atoms with Crippen molar-refractivity contribution in [1.29, 1.82) is 0 Å². The Morgan fingerprint density at radius 3 is 3.17 bits per heavy atom. The van der Waals surface area contributed by atoms with Crippen molar-refractivity contribution in [2.24, 2.45) is 7.05 Å². The molecule has 3 rings (SSSR count). The number of nitrogens with one attached hydrogen (secondary N) is 1. The lowest BCUT2D eigenvalue weighted by Gasteiger charge is -2.17. The molecule has 5 nitrogen and oxygen atoms in total. The summed E-state index contributed by atoms with van der Waals surface area (Å²) in [5.41, 5.74) is 2.08. The van der Waals surface area contributed by atoms with Crippen molar-refractivity contribution in [2.45, 2.75) is 18.9 Å². The minimum atomic E-state index is 0.322. The lowest BCUT2D eigenvalue weighted by atomic mass is 10.0. The van der Waals surface area contributed by atoms with Gasteiger partial charge in [0.1, 0.15) is 11.3 Å². The molecule has 2 unspecified atom stereocenters. The Morgan fingerprint density at radius 1 is 1.50 bits per heavy atom. The number of rotatable bonds is 3. The van der Waals surface area contributed by atoms with E-state index < -0.39 is 0 Å². The normalized spacial score (nSPS) is 23.9. The predicted octanol–water partition coefficient (Wildman–Crippen LogP) is 1.06. The lowest BCUT2D eigenvalue weighted by molar-refractivity contribution is 0.187. The Balaban J connectivity index is 2.00. The van der Waals surface area contributed by atoms with Crippen molar-refractivity contribution in [1.82, 2.24) is 19.9 Å². The first kappa shape index (κ1) is 11.6. The number of aryl methyl sites for hydroxylation is 1. The highest BCUT2D eigenvalue weighted by Gasteiger charge is 2.32. The molecule has 0 radical (unpaired) electrons. The van der Waals surface area contributed by atoms with E-state index in [2.05, 4.69) is 28.8 Å². The van der Waals surface area contributed by atoms with Crippen LogP contribution in [-0.4, -0.2) is 40.3 Å². The summed E-state index contributed by atoms with van der Waals surface area (Å²) >= 11 is 0. The van der Waals surface area contributed by atoms with Crippen LogP contribution in [0.1, 0.15) is 18.7 Å². The van der Waals surface area contributed by atoms with E-state index >= 15 is 0 Å². The number of imidazole rings is 1. The third-order valence-electron chi connectivity index (χ3n) is 3.60. The predicted molar refractivity (Wildman–Crippen MR) is 69.5 cm³/mol. The minimum absolute atomic E-state index is 0.322. The van der Waals surface area contributed by atoms with E-state index in [0.717, 1.165) is 36.6 Å². The molecule has 0 saturated carbocycles. The van der Waals surface area contributed by atoms with Crippen molar-refractivity contribution >= 4 is 11.0 Å². The third-order valence-corrected chi connectivity index (χ3v) is 3.60. The van der Waals surface area contributed by atoms with Gasteiger partial charge in [0, 0.05) is 19.3 Å². The van der Waals surface area contributed by atoms with Crippen molar-refractivity contribution < 1.29 is 4.74 Å². The number of ether oxygens (including phenoxy) is 1. The van der Waals surface area contributed by atoms with Crippen molar-refractivity contribution in [3.8, 4) is 0 Å². The van der Waals surface area contributed by atoms with Crippen LogP contribution in [0.2, 0.25) is 0 Å². The maximum atomic E-state index is 5.60. The van der Waals surface area contributed by atoms with Gasteiger partial charge in [-0.05, 0) is 12.6 Å². The van der Waals surface area contributed by atoms with Crippen LogP contribution in [-0.2, 0) is 11.8 Å². The molecule has 18 heavy (non-hydrogen) atoms. The summed E-state index contributed by atoms with van der Waals surface area (Å²) in [6, 6.07) is 2.36. The summed E-state index contributed by atoms with van der Waals surface area (Å²) < 4.78 is 7.75. The summed E-state index contributed by atoms with van der Waals surface area (Å²) in [5, 5.41) is 3.47. The van der Waals surface area contributed by atoms with Gasteiger partial charge in [0.2, 0.25) is 0 Å². The zero-order valence-electron chi connectivity index (χ0n) is 10.8. The van der Waals surface area contributed by atoms with Crippen LogP contribution in [0, 0.1) is 0 Å². The van der Waals surface area contributed by atoms with Gasteiger partial charge in [0.25, 0.3) is 0 Å². The number of hydrogen-bond donors (Lipinski definition) is 1. The largest absolute Gasteiger partial charge is 0.379 e. The van der Waals surface area contributed by atoms with Crippen molar-refractivity contribution in [3.63, 3.8) is 0 Å². The molecule has 0 aliphatic carbocycles. The van der Waals surface area contributed by atoms with E-state index in [1.807, 2.05) is 12.3 Å². The quantitative estimate of drug-likeness (QED) is 0.880. The van der Waals surface area contributed by atoms with Crippen LogP contribution >= 0.6 is 0 Å². The molecule has 0 aromatic carbocycles. The molecule has 2 aromatic heterocycles. The SMILES string of the molecule is CCNC1COCC1c1nc2cnccc2n1C. The van der Waals surface area contributed by atoms with Crippen LogP contribution in [0.5, 0.6) is 0 Å². The Morgan fingerprint density at radius 2 is 2.39 bits per heavy atom. The molecule has 1 fully saturated rings. The zero-order valence-corrected chi connectivity index (χ0v) is 10.8. The molecule has 96 valence electrons. The number of hydrogen-bond acceptors (Lipinski definition) is 4. The van der Waals surface area contributed by atoms with E-state index in [9.17, 15) is 0 Å². The number of fused-ring (bicyclic) bond motifs is 1. The third kappa shape index (κ3) is 1.79. The molecule has 2 aromatic rings. The monoisotopic (exact) mass is 246 g/mol. The number of pyridine rings is 1. The van der Waals surface area contributed by atoms with E-state index in [4.69, 9.17) is 9.72 Å². The molecule has 1 aliphatic rings. The Kier molecular flexibility index (Phi) is 3.01. The molecule has 0 bridgehead atoms. The van der Waals surface area contributed by atoms with Gasteiger partial charge in [-0.1, -0.05) is 6.92 Å². The maximum absolute atomic E-state index is 5.60. The molecule has 2 atom stereocenters.